The lowest BCUT2D eigenvalue weighted by atomic mass is 9.71. The Morgan fingerprint density at radius 3 is 2.42 bits per heavy atom. The van der Waals surface area contributed by atoms with E-state index in [2.05, 4.69) is 0 Å². The van der Waals surface area contributed by atoms with Crippen LogP contribution in [0.1, 0.15) is 33.6 Å². The van der Waals surface area contributed by atoms with Crippen LogP contribution in [-0.2, 0) is 9.53 Å². The van der Waals surface area contributed by atoms with Gasteiger partial charge in [-0.2, -0.15) is 0 Å². The summed E-state index contributed by atoms with van der Waals surface area (Å²) in [4.78, 5) is 24.4. The van der Waals surface area contributed by atoms with Crippen molar-refractivity contribution in [3.63, 3.8) is 0 Å². The molecule has 0 bridgehead atoms. The van der Waals surface area contributed by atoms with Crippen LogP contribution in [0.3, 0.4) is 0 Å². The second-order valence-electron chi connectivity index (χ2n) is 6.63. The van der Waals surface area contributed by atoms with Crippen LogP contribution in [0.4, 0.5) is 9.18 Å². The highest BCUT2D eigenvalue weighted by Crippen LogP contribution is 2.51. The molecule has 108 valence electrons. The van der Waals surface area contributed by atoms with Gasteiger partial charge < -0.3 is 14.7 Å². The lowest BCUT2D eigenvalue weighted by Gasteiger charge is -2.49. The summed E-state index contributed by atoms with van der Waals surface area (Å²) >= 11 is 0. The summed E-state index contributed by atoms with van der Waals surface area (Å²) in [6.07, 6.45) is -1.26. The van der Waals surface area contributed by atoms with Crippen LogP contribution in [0.2, 0.25) is 0 Å². The topological polar surface area (TPSA) is 66.8 Å². The third-order valence-electron chi connectivity index (χ3n) is 3.82. The predicted molar refractivity (Wildman–Crippen MR) is 65.5 cm³/mol. The van der Waals surface area contributed by atoms with Crippen molar-refractivity contribution in [2.45, 2.75) is 45.4 Å². The summed E-state index contributed by atoms with van der Waals surface area (Å²) in [6, 6.07) is 0. The number of carboxylic acid groups (broad SMARTS) is 1. The van der Waals surface area contributed by atoms with Crippen molar-refractivity contribution < 1.29 is 23.8 Å². The zero-order chi connectivity index (χ0) is 14.4. The quantitative estimate of drug-likeness (QED) is 0.794. The van der Waals surface area contributed by atoms with Crippen LogP contribution < -0.4 is 0 Å². The number of hydrogen-bond acceptors (Lipinski definition) is 3. The highest BCUT2D eigenvalue weighted by atomic mass is 19.1. The van der Waals surface area contributed by atoms with Gasteiger partial charge in [-0.05, 0) is 33.6 Å². The lowest BCUT2D eigenvalue weighted by molar-refractivity contribution is -0.150. The van der Waals surface area contributed by atoms with Crippen molar-refractivity contribution in [3.05, 3.63) is 0 Å². The third kappa shape index (κ3) is 2.67. The van der Waals surface area contributed by atoms with Gasteiger partial charge >= 0.3 is 12.1 Å². The fourth-order valence-corrected chi connectivity index (χ4v) is 3.05. The molecule has 1 heterocycles. The van der Waals surface area contributed by atoms with E-state index in [1.165, 1.54) is 4.90 Å². The van der Waals surface area contributed by atoms with Crippen molar-refractivity contribution >= 4 is 12.1 Å². The van der Waals surface area contributed by atoms with E-state index in [0.717, 1.165) is 0 Å². The van der Waals surface area contributed by atoms with Gasteiger partial charge in [-0.1, -0.05) is 0 Å². The zero-order valence-electron chi connectivity index (χ0n) is 11.5. The molecular formula is C13H20FNO4. The fraction of sp³-hybridized carbons (Fsp3) is 0.846. The number of hydrogen-bond donors (Lipinski definition) is 1. The number of likely N-dealkylation sites (tertiary alicyclic amines) is 1. The van der Waals surface area contributed by atoms with Gasteiger partial charge in [0, 0.05) is 18.5 Å². The average molecular weight is 273 g/mol. The summed E-state index contributed by atoms with van der Waals surface area (Å²) in [5.74, 6) is -1.66. The first-order valence-electron chi connectivity index (χ1n) is 6.48. The molecule has 2 fully saturated rings. The molecule has 1 spiro atoms. The molecule has 1 saturated heterocycles. The monoisotopic (exact) mass is 273 g/mol. The van der Waals surface area contributed by atoms with E-state index in [1.54, 1.807) is 20.8 Å². The number of aliphatic carboxylic acids is 1. The number of nitrogens with zero attached hydrogens (tertiary/aromatic N) is 1. The van der Waals surface area contributed by atoms with Crippen LogP contribution in [0.5, 0.6) is 0 Å². The second-order valence-corrected chi connectivity index (χ2v) is 6.63. The number of rotatable bonds is 1. The Hall–Kier alpha value is -1.33. The number of carbonyl (C=O) groups excluding carboxylic acids is 1. The van der Waals surface area contributed by atoms with Crippen molar-refractivity contribution in [1.29, 1.82) is 0 Å². The van der Waals surface area contributed by atoms with E-state index in [0.29, 0.717) is 0 Å². The van der Waals surface area contributed by atoms with Crippen molar-refractivity contribution in [2.75, 3.05) is 13.1 Å². The zero-order valence-corrected chi connectivity index (χ0v) is 11.5. The normalized spacial score (nSPS) is 29.2. The Labute approximate surface area is 111 Å². The molecule has 0 aromatic carbocycles. The molecule has 2 rings (SSSR count). The molecule has 0 aromatic heterocycles. The number of halogens is 1. The molecule has 1 N–H and O–H groups in total. The van der Waals surface area contributed by atoms with Crippen LogP contribution in [-0.4, -0.2) is 46.9 Å². The van der Waals surface area contributed by atoms with Gasteiger partial charge in [0.2, 0.25) is 0 Å². The number of carboxylic acids is 1. The summed E-state index contributed by atoms with van der Waals surface area (Å²) in [6.45, 7) is 5.87. The smallest absolute Gasteiger partial charge is 0.410 e. The molecule has 1 saturated carbocycles. The van der Waals surface area contributed by atoms with Crippen LogP contribution >= 0.6 is 0 Å². The van der Waals surface area contributed by atoms with E-state index in [4.69, 9.17) is 9.84 Å². The molecule has 0 aromatic rings. The molecule has 6 heteroatoms. The molecule has 19 heavy (non-hydrogen) atoms. The lowest BCUT2D eigenvalue weighted by Crippen LogP contribution is -2.61. The van der Waals surface area contributed by atoms with Gasteiger partial charge in [-0.25, -0.2) is 9.18 Å². The molecule has 5 nitrogen and oxygen atoms in total. The Bertz CT molecular complexity index is 398. The van der Waals surface area contributed by atoms with Crippen molar-refractivity contribution in [1.82, 2.24) is 4.90 Å². The maximum Gasteiger partial charge on any atom is 0.410 e. The van der Waals surface area contributed by atoms with Crippen LogP contribution in [0, 0.1) is 11.3 Å². The second kappa shape index (κ2) is 4.35. The van der Waals surface area contributed by atoms with E-state index < -0.39 is 35.2 Å². The maximum absolute atomic E-state index is 13.5. The van der Waals surface area contributed by atoms with E-state index in [9.17, 15) is 14.0 Å². The van der Waals surface area contributed by atoms with E-state index in [1.807, 2.05) is 0 Å². The van der Waals surface area contributed by atoms with Crippen molar-refractivity contribution in [3.8, 4) is 0 Å². The summed E-state index contributed by atoms with van der Waals surface area (Å²) < 4.78 is 18.7. The molecular weight excluding hydrogens is 253 g/mol. The Balaban J connectivity index is 1.98. The van der Waals surface area contributed by atoms with Gasteiger partial charge in [-0.15, -0.1) is 0 Å². The highest BCUT2D eigenvalue weighted by Gasteiger charge is 2.59. The molecule has 2 unspecified atom stereocenters. The van der Waals surface area contributed by atoms with Gasteiger partial charge in [0.25, 0.3) is 0 Å². The summed E-state index contributed by atoms with van der Waals surface area (Å²) in [7, 11) is 0. The Kier molecular flexibility index (Phi) is 3.23. The van der Waals surface area contributed by atoms with Gasteiger partial charge in [0.05, 0.1) is 5.92 Å². The number of alkyl halides is 1. The van der Waals surface area contributed by atoms with Gasteiger partial charge in [-0.3, -0.25) is 4.79 Å². The number of amides is 1. The standard InChI is InChI=1S/C13H20FNO4/c1-12(2,3)19-11(18)15-6-13(7-15)5-8(14)4-9(13)10(16)17/h8-9H,4-7H2,1-3H3,(H,16,17). The predicted octanol–water partition coefficient (Wildman–Crippen LogP) is 2.06. The number of ether oxygens (including phenoxy) is 1. The number of carbonyl (C=O) groups is 2. The summed E-state index contributed by atoms with van der Waals surface area (Å²) in [5.41, 5.74) is -1.17. The average Bonchev–Trinajstić information content (AvgIpc) is 2.50. The highest BCUT2D eigenvalue weighted by molar-refractivity contribution is 5.74. The molecule has 0 radical (unpaired) electrons. The molecule has 1 aliphatic heterocycles. The first-order valence-corrected chi connectivity index (χ1v) is 6.48. The first kappa shape index (κ1) is 14.1. The minimum atomic E-state index is -1.08. The molecule has 2 aliphatic rings. The van der Waals surface area contributed by atoms with Gasteiger partial charge in [0.15, 0.2) is 0 Å². The SMILES string of the molecule is CC(C)(C)OC(=O)N1CC2(CC(F)CC2C(=O)O)C1. The maximum atomic E-state index is 13.5. The fourth-order valence-electron chi connectivity index (χ4n) is 3.05. The Morgan fingerprint density at radius 2 is 1.95 bits per heavy atom. The van der Waals surface area contributed by atoms with Crippen LogP contribution in [0.25, 0.3) is 0 Å². The van der Waals surface area contributed by atoms with E-state index in [-0.39, 0.29) is 25.9 Å². The third-order valence-corrected chi connectivity index (χ3v) is 3.82. The molecule has 1 amide bonds. The molecule has 1 aliphatic carbocycles. The van der Waals surface area contributed by atoms with Crippen molar-refractivity contribution in [2.24, 2.45) is 11.3 Å². The minimum absolute atomic E-state index is 0.0531. The van der Waals surface area contributed by atoms with Crippen LogP contribution in [0.15, 0.2) is 0 Å². The minimum Gasteiger partial charge on any atom is -0.481 e. The summed E-state index contributed by atoms with van der Waals surface area (Å²) in [5, 5.41) is 9.14. The van der Waals surface area contributed by atoms with E-state index >= 15 is 0 Å². The Morgan fingerprint density at radius 1 is 1.37 bits per heavy atom. The first-order chi connectivity index (χ1) is 8.63. The molecule has 2 atom stereocenters. The largest absolute Gasteiger partial charge is 0.481 e. The van der Waals surface area contributed by atoms with Gasteiger partial charge in [0.1, 0.15) is 11.8 Å².